The molecule has 1 fully saturated rings. The summed E-state index contributed by atoms with van der Waals surface area (Å²) in [6.45, 7) is 4.33. The van der Waals surface area contributed by atoms with Crippen molar-refractivity contribution in [3.8, 4) is 17.5 Å². The first-order chi connectivity index (χ1) is 9.19. The van der Waals surface area contributed by atoms with Crippen LogP contribution in [0.5, 0.6) is 0 Å². The van der Waals surface area contributed by atoms with Gasteiger partial charge in [0.05, 0.1) is 17.9 Å². The Labute approximate surface area is 112 Å². The van der Waals surface area contributed by atoms with Gasteiger partial charge in [-0.25, -0.2) is 0 Å². The van der Waals surface area contributed by atoms with Gasteiger partial charge < -0.3 is 4.52 Å². The summed E-state index contributed by atoms with van der Waals surface area (Å²) >= 11 is 0. The highest BCUT2D eigenvalue weighted by Gasteiger charge is 2.43. The molecular formula is C15H15N3O. The van der Waals surface area contributed by atoms with Gasteiger partial charge in [0.25, 0.3) is 0 Å². The maximum atomic E-state index is 8.80. The van der Waals surface area contributed by atoms with Gasteiger partial charge in [-0.3, -0.25) is 0 Å². The average Bonchev–Trinajstić information content (AvgIpc) is 3.06. The summed E-state index contributed by atoms with van der Waals surface area (Å²) in [6, 6.07) is 10.4. The summed E-state index contributed by atoms with van der Waals surface area (Å²) in [5.74, 6) is 1.90. The molecule has 2 atom stereocenters. The predicted octanol–water partition coefficient (Wildman–Crippen LogP) is 3.49. The first kappa shape index (κ1) is 11.9. The highest BCUT2D eigenvalue weighted by atomic mass is 16.5. The van der Waals surface area contributed by atoms with Crippen molar-refractivity contribution in [1.29, 1.82) is 5.26 Å². The van der Waals surface area contributed by atoms with Crippen LogP contribution in [0.4, 0.5) is 0 Å². The van der Waals surface area contributed by atoms with Crippen molar-refractivity contribution in [1.82, 2.24) is 10.1 Å². The zero-order valence-electron chi connectivity index (χ0n) is 11.0. The molecule has 2 aromatic rings. The van der Waals surface area contributed by atoms with Crippen LogP contribution in [0.1, 0.15) is 43.6 Å². The molecule has 1 heterocycles. The standard InChI is InChI=1S/C15H15N3O/c1-9(2)10-3-5-11(6-4-10)14-17-15(19-18-14)13-7-12(13)8-16/h3-6,9,12-13H,7H2,1-2H3. The lowest BCUT2D eigenvalue weighted by atomic mass is 10.0. The Kier molecular flexibility index (Phi) is 2.83. The molecule has 4 nitrogen and oxygen atoms in total. The van der Waals surface area contributed by atoms with E-state index in [-0.39, 0.29) is 11.8 Å². The third kappa shape index (κ3) is 2.24. The number of benzene rings is 1. The Hall–Kier alpha value is -2.15. The molecular weight excluding hydrogens is 238 g/mol. The molecule has 0 spiro atoms. The number of rotatable bonds is 3. The van der Waals surface area contributed by atoms with E-state index in [1.807, 2.05) is 12.1 Å². The largest absolute Gasteiger partial charge is 0.339 e. The maximum absolute atomic E-state index is 8.80. The van der Waals surface area contributed by atoms with E-state index in [4.69, 9.17) is 9.78 Å². The van der Waals surface area contributed by atoms with Crippen LogP contribution in [0.25, 0.3) is 11.4 Å². The van der Waals surface area contributed by atoms with E-state index in [0.29, 0.717) is 17.6 Å². The minimum atomic E-state index is 0.0524. The third-order valence-electron chi connectivity index (χ3n) is 3.55. The van der Waals surface area contributed by atoms with Gasteiger partial charge >= 0.3 is 0 Å². The molecule has 4 heteroatoms. The van der Waals surface area contributed by atoms with E-state index in [1.165, 1.54) is 5.56 Å². The van der Waals surface area contributed by atoms with Gasteiger partial charge in [0, 0.05) is 5.56 Å². The van der Waals surface area contributed by atoms with Gasteiger partial charge in [-0.1, -0.05) is 43.3 Å². The van der Waals surface area contributed by atoms with Crippen molar-refractivity contribution in [2.24, 2.45) is 5.92 Å². The van der Waals surface area contributed by atoms with Crippen LogP contribution in [0.2, 0.25) is 0 Å². The molecule has 0 saturated heterocycles. The van der Waals surface area contributed by atoms with Crippen LogP contribution in [0.15, 0.2) is 28.8 Å². The minimum absolute atomic E-state index is 0.0524. The summed E-state index contributed by atoms with van der Waals surface area (Å²) in [5.41, 5.74) is 2.24. The zero-order valence-corrected chi connectivity index (χ0v) is 11.0. The maximum Gasteiger partial charge on any atom is 0.231 e. The summed E-state index contributed by atoms with van der Waals surface area (Å²) < 4.78 is 5.24. The van der Waals surface area contributed by atoms with Crippen molar-refractivity contribution < 1.29 is 4.52 Å². The van der Waals surface area contributed by atoms with Gasteiger partial charge in [-0.2, -0.15) is 10.2 Å². The highest BCUT2D eigenvalue weighted by Crippen LogP contribution is 2.46. The van der Waals surface area contributed by atoms with Crippen molar-refractivity contribution in [3.05, 3.63) is 35.7 Å². The van der Waals surface area contributed by atoms with Crippen molar-refractivity contribution in [2.45, 2.75) is 32.1 Å². The number of hydrogen-bond donors (Lipinski definition) is 0. The SMILES string of the molecule is CC(C)c1ccc(-c2noc(C3CC3C#N)n2)cc1. The molecule has 3 rings (SSSR count). The lowest BCUT2D eigenvalue weighted by Gasteiger charge is -2.04. The molecule has 1 aromatic carbocycles. The predicted molar refractivity (Wildman–Crippen MR) is 70.3 cm³/mol. The minimum Gasteiger partial charge on any atom is -0.339 e. The second-order valence-electron chi connectivity index (χ2n) is 5.31. The van der Waals surface area contributed by atoms with E-state index in [1.54, 1.807) is 0 Å². The van der Waals surface area contributed by atoms with Crippen LogP contribution in [-0.4, -0.2) is 10.1 Å². The highest BCUT2D eigenvalue weighted by molar-refractivity contribution is 5.55. The average molecular weight is 253 g/mol. The van der Waals surface area contributed by atoms with E-state index in [2.05, 4.69) is 42.2 Å². The van der Waals surface area contributed by atoms with Crippen molar-refractivity contribution in [3.63, 3.8) is 0 Å². The van der Waals surface area contributed by atoms with E-state index < -0.39 is 0 Å². The first-order valence-corrected chi connectivity index (χ1v) is 6.52. The summed E-state index contributed by atoms with van der Waals surface area (Å²) in [5, 5.41) is 12.8. The van der Waals surface area contributed by atoms with Crippen LogP contribution in [0, 0.1) is 17.2 Å². The number of nitriles is 1. The van der Waals surface area contributed by atoms with E-state index >= 15 is 0 Å². The topological polar surface area (TPSA) is 62.7 Å². The second-order valence-corrected chi connectivity index (χ2v) is 5.31. The second kappa shape index (κ2) is 4.51. The molecule has 1 saturated carbocycles. The lowest BCUT2D eigenvalue weighted by Crippen LogP contribution is -1.88. The molecule has 0 radical (unpaired) electrons. The number of hydrogen-bond acceptors (Lipinski definition) is 4. The smallest absolute Gasteiger partial charge is 0.231 e. The molecule has 96 valence electrons. The van der Waals surface area contributed by atoms with Gasteiger partial charge in [-0.05, 0) is 17.9 Å². The molecule has 1 aliphatic rings. The fourth-order valence-electron chi connectivity index (χ4n) is 2.13. The Bertz CT molecular complexity index is 622. The molecule has 0 bridgehead atoms. The van der Waals surface area contributed by atoms with Crippen molar-refractivity contribution in [2.75, 3.05) is 0 Å². The first-order valence-electron chi connectivity index (χ1n) is 6.52. The molecule has 0 amide bonds. The van der Waals surface area contributed by atoms with Gasteiger partial charge in [0.15, 0.2) is 0 Å². The number of aromatic nitrogens is 2. The van der Waals surface area contributed by atoms with Crippen LogP contribution >= 0.6 is 0 Å². The molecule has 2 unspecified atom stereocenters. The van der Waals surface area contributed by atoms with Crippen LogP contribution in [-0.2, 0) is 0 Å². The normalized spacial score (nSPS) is 21.4. The Morgan fingerprint density at radius 3 is 2.63 bits per heavy atom. The quantitative estimate of drug-likeness (QED) is 0.840. The Morgan fingerprint density at radius 1 is 1.32 bits per heavy atom. The fraction of sp³-hybridized carbons (Fsp3) is 0.400. The van der Waals surface area contributed by atoms with Gasteiger partial charge in [-0.15, -0.1) is 0 Å². The summed E-state index contributed by atoms with van der Waals surface area (Å²) in [7, 11) is 0. The lowest BCUT2D eigenvalue weighted by molar-refractivity contribution is 0.378. The van der Waals surface area contributed by atoms with Crippen LogP contribution in [0.3, 0.4) is 0 Å². The van der Waals surface area contributed by atoms with Crippen molar-refractivity contribution >= 4 is 0 Å². The van der Waals surface area contributed by atoms with Gasteiger partial charge in [0.1, 0.15) is 0 Å². The monoisotopic (exact) mass is 253 g/mol. The number of nitrogens with zero attached hydrogens (tertiary/aromatic N) is 3. The molecule has 1 aliphatic carbocycles. The zero-order chi connectivity index (χ0) is 13.4. The summed E-state index contributed by atoms with van der Waals surface area (Å²) in [6.07, 6.45) is 0.838. The van der Waals surface area contributed by atoms with Gasteiger partial charge in [0.2, 0.25) is 11.7 Å². The third-order valence-corrected chi connectivity index (χ3v) is 3.55. The van der Waals surface area contributed by atoms with Crippen LogP contribution < -0.4 is 0 Å². The summed E-state index contributed by atoms with van der Waals surface area (Å²) in [4.78, 5) is 4.39. The Morgan fingerprint density at radius 2 is 2.05 bits per heavy atom. The molecule has 0 aliphatic heterocycles. The molecule has 19 heavy (non-hydrogen) atoms. The molecule has 1 aromatic heterocycles. The molecule has 0 N–H and O–H groups in total. The van der Waals surface area contributed by atoms with E-state index in [9.17, 15) is 0 Å². The fourth-order valence-corrected chi connectivity index (χ4v) is 2.13. The Balaban J connectivity index is 1.81. The van der Waals surface area contributed by atoms with E-state index in [0.717, 1.165) is 12.0 Å².